The van der Waals surface area contributed by atoms with E-state index in [4.69, 9.17) is 10.5 Å². The minimum Gasteiger partial charge on any atom is -0.373 e. The van der Waals surface area contributed by atoms with Gasteiger partial charge in [0, 0.05) is 31.5 Å². The fraction of sp³-hybridized carbons (Fsp3) is 0.611. The summed E-state index contributed by atoms with van der Waals surface area (Å²) in [6.45, 7) is 5.49. The second-order valence-electron chi connectivity index (χ2n) is 6.42. The maximum Gasteiger partial charge on any atom is 0.220 e. The van der Waals surface area contributed by atoms with Crippen LogP contribution in [-0.2, 0) is 9.53 Å². The van der Waals surface area contributed by atoms with Crippen molar-refractivity contribution in [2.45, 2.75) is 51.7 Å². The van der Waals surface area contributed by atoms with Crippen molar-refractivity contribution in [3.05, 3.63) is 35.4 Å². The van der Waals surface area contributed by atoms with Crippen molar-refractivity contribution in [2.75, 3.05) is 13.2 Å². The largest absolute Gasteiger partial charge is 0.373 e. The molecular weight excluding hydrogens is 312 g/mol. The van der Waals surface area contributed by atoms with Crippen molar-refractivity contribution >= 4 is 18.3 Å². The van der Waals surface area contributed by atoms with Crippen LogP contribution < -0.4 is 11.1 Å². The van der Waals surface area contributed by atoms with E-state index in [9.17, 15) is 4.79 Å². The maximum atomic E-state index is 11.9. The van der Waals surface area contributed by atoms with Crippen LogP contribution in [0.1, 0.15) is 49.8 Å². The molecule has 3 atom stereocenters. The van der Waals surface area contributed by atoms with Crippen LogP contribution in [0.3, 0.4) is 0 Å². The first-order valence-electron chi connectivity index (χ1n) is 8.26. The van der Waals surface area contributed by atoms with Gasteiger partial charge in [0.2, 0.25) is 5.91 Å². The van der Waals surface area contributed by atoms with E-state index >= 15 is 0 Å². The molecule has 0 bridgehead atoms. The Balaban J connectivity index is 0.00000264. The molecule has 23 heavy (non-hydrogen) atoms. The van der Waals surface area contributed by atoms with Crippen molar-refractivity contribution in [3.8, 4) is 0 Å². The Hall–Kier alpha value is -1.10. The number of nitrogens with one attached hydrogen (secondary N) is 1. The molecule has 0 aromatic heterocycles. The predicted octanol–water partition coefficient (Wildman–Crippen LogP) is 3.13. The molecule has 1 heterocycles. The van der Waals surface area contributed by atoms with Crippen LogP contribution in [0.15, 0.2) is 24.3 Å². The molecule has 0 saturated carbocycles. The van der Waals surface area contributed by atoms with E-state index in [2.05, 4.69) is 36.5 Å². The average molecular weight is 341 g/mol. The summed E-state index contributed by atoms with van der Waals surface area (Å²) in [4.78, 5) is 11.9. The average Bonchev–Trinajstić information content (AvgIpc) is 2.52. The Morgan fingerprint density at radius 3 is 2.74 bits per heavy atom. The Morgan fingerprint density at radius 2 is 2.09 bits per heavy atom. The van der Waals surface area contributed by atoms with Gasteiger partial charge in [-0.1, -0.05) is 29.8 Å². The van der Waals surface area contributed by atoms with Crippen LogP contribution in [0.4, 0.5) is 0 Å². The number of nitrogens with two attached hydrogens (primary N) is 1. The molecule has 2 rings (SSSR count). The van der Waals surface area contributed by atoms with Crippen LogP contribution in [0.2, 0.25) is 0 Å². The van der Waals surface area contributed by atoms with Crippen molar-refractivity contribution in [2.24, 2.45) is 11.7 Å². The van der Waals surface area contributed by atoms with Gasteiger partial charge < -0.3 is 15.8 Å². The molecule has 1 aromatic carbocycles. The molecule has 1 aromatic rings. The van der Waals surface area contributed by atoms with E-state index in [1.807, 2.05) is 6.92 Å². The third kappa shape index (κ3) is 6.50. The van der Waals surface area contributed by atoms with Crippen molar-refractivity contribution in [1.29, 1.82) is 0 Å². The second kappa shape index (κ2) is 9.91. The fourth-order valence-electron chi connectivity index (χ4n) is 2.87. The van der Waals surface area contributed by atoms with Crippen LogP contribution in [0.25, 0.3) is 0 Å². The smallest absolute Gasteiger partial charge is 0.220 e. The van der Waals surface area contributed by atoms with Gasteiger partial charge in [-0.15, -0.1) is 12.4 Å². The number of carbonyl (C=O) groups excluding carboxylic acids is 1. The molecule has 0 aliphatic carbocycles. The lowest BCUT2D eigenvalue weighted by Crippen LogP contribution is -2.35. The minimum atomic E-state index is 0. The molecule has 1 aliphatic rings. The number of halogens is 1. The van der Waals surface area contributed by atoms with E-state index in [-0.39, 0.29) is 30.5 Å². The fourth-order valence-corrected chi connectivity index (χ4v) is 2.87. The number of hydrogen-bond donors (Lipinski definition) is 2. The molecule has 4 nitrogen and oxygen atoms in total. The first-order chi connectivity index (χ1) is 10.6. The number of aryl methyl sites for hydroxylation is 1. The summed E-state index contributed by atoms with van der Waals surface area (Å²) < 4.78 is 5.98. The second-order valence-corrected chi connectivity index (χ2v) is 6.42. The number of amides is 1. The van der Waals surface area contributed by atoms with Gasteiger partial charge >= 0.3 is 0 Å². The van der Waals surface area contributed by atoms with Gasteiger partial charge in [0.15, 0.2) is 0 Å². The highest BCUT2D eigenvalue weighted by Crippen LogP contribution is 2.33. The first-order valence-corrected chi connectivity index (χ1v) is 8.26. The van der Waals surface area contributed by atoms with Crippen molar-refractivity contribution < 1.29 is 9.53 Å². The number of hydrogen-bond acceptors (Lipinski definition) is 3. The first kappa shape index (κ1) is 19.9. The van der Waals surface area contributed by atoms with Gasteiger partial charge in [0.05, 0.1) is 6.10 Å². The third-order valence-corrected chi connectivity index (χ3v) is 4.24. The van der Waals surface area contributed by atoms with E-state index in [1.54, 1.807) is 0 Å². The Morgan fingerprint density at radius 1 is 1.39 bits per heavy atom. The number of benzene rings is 1. The zero-order chi connectivity index (χ0) is 15.9. The Labute approximate surface area is 145 Å². The molecular formula is C18H29ClN2O2. The zero-order valence-corrected chi connectivity index (χ0v) is 14.9. The number of rotatable bonds is 6. The number of ether oxygens (including phenoxy) is 1. The molecule has 0 spiro atoms. The molecule has 5 heteroatoms. The summed E-state index contributed by atoms with van der Waals surface area (Å²) in [7, 11) is 0. The monoisotopic (exact) mass is 340 g/mol. The summed E-state index contributed by atoms with van der Waals surface area (Å²) in [5, 5.41) is 3.04. The molecule has 1 saturated heterocycles. The number of carbonyl (C=O) groups is 1. The van der Waals surface area contributed by atoms with Crippen LogP contribution in [0.5, 0.6) is 0 Å². The summed E-state index contributed by atoms with van der Waals surface area (Å²) in [6.07, 6.45) is 3.46. The van der Waals surface area contributed by atoms with Crippen molar-refractivity contribution in [1.82, 2.24) is 5.32 Å². The molecule has 3 unspecified atom stereocenters. The van der Waals surface area contributed by atoms with E-state index in [1.165, 1.54) is 11.1 Å². The SMILES string of the molecule is Cc1ccc(C2OCCCC2CNC(=O)CCC(C)N)cc1.Cl. The minimum absolute atomic E-state index is 0. The Kier molecular flexibility index (Phi) is 8.59. The van der Waals surface area contributed by atoms with Crippen molar-refractivity contribution in [3.63, 3.8) is 0 Å². The Bertz CT molecular complexity index is 476. The van der Waals surface area contributed by atoms with E-state index in [0.717, 1.165) is 25.9 Å². The highest BCUT2D eigenvalue weighted by molar-refractivity contribution is 5.85. The lowest BCUT2D eigenvalue weighted by Gasteiger charge is -2.32. The van der Waals surface area contributed by atoms with E-state index < -0.39 is 0 Å². The standard InChI is InChI=1S/C18H28N2O2.ClH/c1-13-5-8-15(9-6-13)18-16(4-3-11-22-18)12-20-17(21)10-7-14(2)19;/h5-6,8-9,14,16,18H,3-4,7,10-12,19H2,1-2H3,(H,20,21);1H. The van der Waals surface area contributed by atoms with Crippen LogP contribution >= 0.6 is 12.4 Å². The molecule has 3 N–H and O–H groups in total. The van der Waals surface area contributed by atoms with Gasteiger partial charge in [-0.3, -0.25) is 4.79 Å². The lowest BCUT2D eigenvalue weighted by atomic mass is 9.89. The van der Waals surface area contributed by atoms with Gasteiger partial charge in [-0.2, -0.15) is 0 Å². The summed E-state index contributed by atoms with van der Waals surface area (Å²) in [5.41, 5.74) is 8.15. The topological polar surface area (TPSA) is 64.3 Å². The molecule has 0 radical (unpaired) electrons. The lowest BCUT2D eigenvalue weighted by molar-refractivity contribution is -0.122. The van der Waals surface area contributed by atoms with Crippen LogP contribution in [0, 0.1) is 12.8 Å². The quantitative estimate of drug-likeness (QED) is 0.836. The zero-order valence-electron chi connectivity index (χ0n) is 14.1. The maximum absolute atomic E-state index is 11.9. The normalized spacial score (nSPS) is 22.0. The van der Waals surface area contributed by atoms with E-state index in [0.29, 0.717) is 18.9 Å². The predicted molar refractivity (Wildman–Crippen MR) is 95.7 cm³/mol. The molecule has 1 aliphatic heterocycles. The molecule has 130 valence electrons. The highest BCUT2D eigenvalue weighted by Gasteiger charge is 2.27. The third-order valence-electron chi connectivity index (χ3n) is 4.24. The highest BCUT2D eigenvalue weighted by atomic mass is 35.5. The molecule has 1 fully saturated rings. The van der Waals surface area contributed by atoms with Crippen LogP contribution in [-0.4, -0.2) is 25.1 Å². The van der Waals surface area contributed by atoms with Gasteiger partial charge in [0.1, 0.15) is 0 Å². The molecule has 1 amide bonds. The summed E-state index contributed by atoms with van der Waals surface area (Å²) in [6, 6.07) is 8.58. The van der Waals surface area contributed by atoms with Gasteiger partial charge in [-0.05, 0) is 38.7 Å². The summed E-state index contributed by atoms with van der Waals surface area (Å²) >= 11 is 0. The van der Waals surface area contributed by atoms with Gasteiger partial charge in [-0.25, -0.2) is 0 Å². The summed E-state index contributed by atoms with van der Waals surface area (Å²) in [5.74, 6) is 0.432. The van der Waals surface area contributed by atoms with Gasteiger partial charge in [0.25, 0.3) is 0 Å².